The molecule has 0 heterocycles. The van der Waals surface area contributed by atoms with E-state index >= 15 is 0 Å². The van der Waals surface area contributed by atoms with Crippen LogP contribution in [0.3, 0.4) is 0 Å². The number of carbonyl (C=O) groups is 3. The Hall–Kier alpha value is -3.49. The minimum atomic E-state index is -2.80. The molecule has 0 aliphatic heterocycles. The molecule has 1 saturated carbocycles. The summed E-state index contributed by atoms with van der Waals surface area (Å²) < 4.78 is 31.7. The largest absolute Gasteiger partial charge is 0.481 e. The van der Waals surface area contributed by atoms with Crippen molar-refractivity contribution >= 4 is 18.0 Å². The van der Waals surface area contributed by atoms with Gasteiger partial charge in [0.1, 0.15) is 12.6 Å². The lowest BCUT2D eigenvalue weighted by Gasteiger charge is -2.21. The first-order chi connectivity index (χ1) is 16.8. The number of hydrogen-bond acceptors (Lipinski definition) is 4. The summed E-state index contributed by atoms with van der Waals surface area (Å²) in [6, 6.07) is 13.9. The average Bonchev–Trinajstić information content (AvgIpc) is 3.38. The molecule has 4 rings (SSSR count). The zero-order chi connectivity index (χ0) is 24.9. The van der Waals surface area contributed by atoms with E-state index in [4.69, 9.17) is 9.84 Å². The molecule has 9 heteroatoms. The Kier molecular flexibility index (Phi) is 7.63. The van der Waals surface area contributed by atoms with Gasteiger partial charge in [-0.25, -0.2) is 13.6 Å². The first-order valence-electron chi connectivity index (χ1n) is 11.7. The van der Waals surface area contributed by atoms with Crippen LogP contribution in [0.25, 0.3) is 11.1 Å². The minimum Gasteiger partial charge on any atom is -0.481 e. The summed E-state index contributed by atoms with van der Waals surface area (Å²) in [5.74, 6) is -1.89. The fraction of sp³-hybridized carbons (Fsp3) is 0.423. The van der Waals surface area contributed by atoms with Crippen molar-refractivity contribution in [2.24, 2.45) is 5.92 Å². The third-order valence-corrected chi connectivity index (χ3v) is 6.72. The molecule has 2 aliphatic rings. The number of alkyl carbamates (subject to hydrolysis) is 1. The second-order valence-corrected chi connectivity index (χ2v) is 9.13. The molecule has 35 heavy (non-hydrogen) atoms. The van der Waals surface area contributed by atoms with E-state index in [9.17, 15) is 23.2 Å². The van der Waals surface area contributed by atoms with E-state index in [-0.39, 0.29) is 30.9 Å². The van der Waals surface area contributed by atoms with E-state index in [1.54, 1.807) is 0 Å². The molecule has 2 aromatic carbocycles. The number of rotatable bonds is 9. The van der Waals surface area contributed by atoms with E-state index < -0.39 is 36.9 Å². The van der Waals surface area contributed by atoms with Crippen molar-refractivity contribution in [3.8, 4) is 11.1 Å². The number of ether oxygens (including phenoxy) is 1. The van der Waals surface area contributed by atoms with Crippen LogP contribution in [0.15, 0.2) is 48.5 Å². The molecule has 7 nitrogen and oxygen atoms in total. The normalized spacial score (nSPS) is 19.6. The monoisotopic (exact) mass is 486 g/mol. The van der Waals surface area contributed by atoms with E-state index in [0.717, 1.165) is 22.3 Å². The Balaban J connectivity index is 1.35. The molecule has 3 atom stereocenters. The molecule has 0 saturated heterocycles. The van der Waals surface area contributed by atoms with Crippen LogP contribution in [0.4, 0.5) is 13.6 Å². The number of hydrogen-bond donors (Lipinski definition) is 3. The van der Waals surface area contributed by atoms with Crippen molar-refractivity contribution < 1.29 is 33.0 Å². The lowest BCUT2D eigenvalue weighted by Crippen LogP contribution is -2.50. The average molecular weight is 487 g/mol. The van der Waals surface area contributed by atoms with E-state index in [1.807, 2.05) is 48.5 Å². The zero-order valence-electron chi connectivity index (χ0n) is 19.1. The summed E-state index contributed by atoms with van der Waals surface area (Å²) in [5, 5.41) is 13.9. The van der Waals surface area contributed by atoms with Crippen LogP contribution in [0.2, 0.25) is 0 Å². The van der Waals surface area contributed by atoms with Crippen molar-refractivity contribution in [3.63, 3.8) is 0 Å². The molecule has 2 amide bonds. The Morgan fingerprint density at radius 3 is 2.23 bits per heavy atom. The molecule has 0 aromatic heterocycles. The number of carboxylic acids is 1. The van der Waals surface area contributed by atoms with Crippen molar-refractivity contribution in [3.05, 3.63) is 59.7 Å². The molecular formula is C26H28F2N2O5. The summed E-state index contributed by atoms with van der Waals surface area (Å²) in [6.07, 6.45) is -2.92. The number of alkyl halides is 2. The van der Waals surface area contributed by atoms with Crippen LogP contribution in [0.5, 0.6) is 0 Å². The van der Waals surface area contributed by atoms with Crippen LogP contribution < -0.4 is 10.6 Å². The number of aliphatic carboxylic acids is 1. The summed E-state index contributed by atoms with van der Waals surface area (Å²) in [6.45, 7) is 0.00235. The van der Waals surface area contributed by atoms with Gasteiger partial charge in [-0.3, -0.25) is 9.59 Å². The minimum absolute atomic E-state index is 0.00235. The predicted molar refractivity (Wildman–Crippen MR) is 124 cm³/mol. The second-order valence-electron chi connectivity index (χ2n) is 9.13. The number of carbonyl (C=O) groups excluding carboxylic acids is 2. The molecule has 2 aromatic rings. The molecule has 2 aliphatic carbocycles. The van der Waals surface area contributed by atoms with Crippen molar-refractivity contribution in [1.82, 2.24) is 10.6 Å². The fourth-order valence-electron chi connectivity index (χ4n) is 5.13. The fourth-order valence-corrected chi connectivity index (χ4v) is 5.13. The van der Waals surface area contributed by atoms with Crippen LogP contribution in [-0.4, -0.2) is 48.2 Å². The van der Waals surface area contributed by atoms with Crippen LogP contribution in [-0.2, 0) is 14.3 Å². The van der Waals surface area contributed by atoms with Gasteiger partial charge in [-0.2, -0.15) is 0 Å². The SMILES string of the molecule is O=C(O)C[C@@H]1CC[C@H](NC(=O)C(CC(F)F)NC(=O)OCC2c3ccccc3-c3ccccc32)C1. The Labute approximate surface area is 201 Å². The number of benzene rings is 2. The molecule has 0 radical (unpaired) electrons. The van der Waals surface area contributed by atoms with Crippen LogP contribution in [0, 0.1) is 5.92 Å². The number of halogens is 2. The molecule has 1 fully saturated rings. The Morgan fingerprint density at radius 1 is 1.00 bits per heavy atom. The van der Waals surface area contributed by atoms with Crippen molar-refractivity contribution in [2.45, 2.75) is 56.5 Å². The highest BCUT2D eigenvalue weighted by Crippen LogP contribution is 2.44. The van der Waals surface area contributed by atoms with Crippen LogP contribution >= 0.6 is 0 Å². The summed E-state index contributed by atoms with van der Waals surface area (Å²) in [7, 11) is 0. The van der Waals surface area contributed by atoms with Gasteiger partial charge in [0.15, 0.2) is 0 Å². The topological polar surface area (TPSA) is 105 Å². The van der Waals surface area contributed by atoms with Crippen molar-refractivity contribution in [2.75, 3.05) is 6.61 Å². The predicted octanol–water partition coefficient (Wildman–Crippen LogP) is 4.31. The second kappa shape index (κ2) is 10.8. The van der Waals surface area contributed by atoms with Gasteiger partial charge in [0.25, 0.3) is 0 Å². The number of carboxylic acid groups (broad SMARTS) is 1. The van der Waals surface area contributed by atoms with Gasteiger partial charge in [0.05, 0.1) is 0 Å². The van der Waals surface area contributed by atoms with Gasteiger partial charge in [-0.05, 0) is 47.4 Å². The van der Waals surface area contributed by atoms with Gasteiger partial charge >= 0.3 is 12.1 Å². The van der Waals surface area contributed by atoms with Gasteiger partial charge in [-0.15, -0.1) is 0 Å². The quantitative estimate of drug-likeness (QED) is 0.490. The maximum Gasteiger partial charge on any atom is 0.407 e. The molecule has 3 N–H and O–H groups in total. The molecule has 1 unspecified atom stereocenters. The van der Waals surface area contributed by atoms with Gasteiger partial charge in [0, 0.05) is 24.8 Å². The number of fused-ring (bicyclic) bond motifs is 3. The first-order valence-corrected chi connectivity index (χ1v) is 11.7. The van der Waals surface area contributed by atoms with Gasteiger partial charge in [0.2, 0.25) is 12.3 Å². The molecule has 0 spiro atoms. The summed E-state index contributed by atoms with van der Waals surface area (Å²) >= 11 is 0. The molecule has 186 valence electrons. The van der Waals surface area contributed by atoms with E-state index in [1.165, 1.54) is 0 Å². The maximum atomic E-state index is 13.1. The molecule has 0 bridgehead atoms. The Morgan fingerprint density at radius 2 is 1.63 bits per heavy atom. The third kappa shape index (κ3) is 5.96. The zero-order valence-corrected chi connectivity index (χ0v) is 19.1. The maximum absolute atomic E-state index is 13.1. The van der Waals surface area contributed by atoms with E-state index in [0.29, 0.717) is 19.3 Å². The van der Waals surface area contributed by atoms with Crippen molar-refractivity contribution in [1.29, 1.82) is 0 Å². The van der Waals surface area contributed by atoms with E-state index in [2.05, 4.69) is 10.6 Å². The number of nitrogens with one attached hydrogen (secondary N) is 2. The highest BCUT2D eigenvalue weighted by atomic mass is 19.3. The summed E-state index contributed by atoms with van der Waals surface area (Å²) in [5.41, 5.74) is 4.15. The number of amides is 2. The molecular weight excluding hydrogens is 458 g/mol. The smallest absolute Gasteiger partial charge is 0.407 e. The first kappa shape index (κ1) is 24.6. The van der Waals surface area contributed by atoms with Gasteiger partial charge in [-0.1, -0.05) is 48.5 Å². The van der Waals surface area contributed by atoms with Crippen LogP contribution in [0.1, 0.15) is 49.1 Å². The Bertz CT molecular complexity index is 1050. The lowest BCUT2D eigenvalue weighted by molar-refractivity contribution is -0.138. The highest BCUT2D eigenvalue weighted by Gasteiger charge is 2.33. The van der Waals surface area contributed by atoms with Gasteiger partial charge < -0.3 is 20.5 Å². The standard InChI is InChI=1S/C26H28F2N2O5/c27-23(28)13-22(25(33)29-16-10-9-15(11-16)12-24(31)32)30-26(34)35-14-21-19-7-3-1-5-17(19)18-6-2-4-8-20(18)21/h1-8,15-16,21-23H,9-14H2,(H,29,33)(H,30,34)(H,31,32)/t15-,16+,22?/m1/s1. The highest BCUT2D eigenvalue weighted by molar-refractivity contribution is 5.86. The lowest BCUT2D eigenvalue weighted by atomic mass is 9.98. The third-order valence-electron chi connectivity index (χ3n) is 6.72. The summed E-state index contributed by atoms with van der Waals surface area (Å²) in [4.78, 5) is 36.1.